The predicted molar refractivity (Wildman–Crippen MR) is 135 cm³/mol. The number of amides is 1. The fourth-order valence-electron chi connectivity index (χ4n) is 5.83. The molecule has 186 valence electrons. The number of benzene rings is 1. The molecule has 0 radical (unpaired) electrons. The molecule has 1 amide bonds. The average Bonchev–Trinajstić information content (AvgIpc) is 3.37. The smallest absolute Gasteiger partial charge is 0.262 e. The molecule has 4 heterocycles. The number of piperidine rings is 1. The summed E-state index contributed by atoms with van der Waals surface area (Å²) in [6.45, 7) is 9.31. The highest BCUT2D eigenvalue weighted by Gasteiger charge is 2.44. The first-order valence-corrected chi connectivity index (χ1v) is 12.6. The first kappa shape index (κ1) is 23.9. The molecule has 2 fully saturated rings. The van der Waals surface area contributed by atoms with Crippen LogP contribution in [-0.2, 0) is 4.79 Å². The van der Waals surface area contributed by atoms with Crippen molar-refractivity contribution in [2.75, 3.05) is 19.6 Å². The van der Waals surface area contributed by atoms with Gasteiger partial charge in [0.25, 0.3) is 5.92 Å². The summed E-state index contributed by atoms with van der Waals surface area (Å²) in [4.78, 5) is 22.7. The fraction of sp³-hybridized carbons (Fsp3) is 0.500. The first-order valence-electron chi connectivity index (χ1n) is 12.6. The van der Waals surface area contributed by atoms with E-state index in [1.807, 2.05) is 13.8 Å². The second kappa shape index (κ2) is 9.01. The molecular formula is C28H34F2N4O. The van der Waals surface area contributed by atoms with Crippen LogP contribution in [0.5, 0.6) is 0 Å². The van der Waals surface area contributed by atoms with Crippen LogP contribution < -0.4 is 5.32 Å². The van der Waals surface area contributed by atoms with Crippen LogP contribution in [0.25, 0.3) is 22.2 Å². The van der Waals surface area contributed by atoms with Crippen molar-refractivity contribution in [2.24, 2.45) is 0 Å². The van der Waals surface area contributed by atoms with E-state index in [0.29, 0.717) is 24.9 Å². The minimum atomic E-state index is -2.79. The summed E-state index contributed by atoms with van der Waals surface area (Å²) >= 11 is 0. The van der Waals surface area contributed by atoms with Crippen LogP contribution >= 0.6 is 0 Å². The lowest BCUT2D eigenvalue weighted by Crippen LogP contribution is -2.46. The van der Waals surface area contributed by atoms with Crippen LogP contribution in [0.4, 0.5) is 8.78 Å². The molecule has 35 heavy (non-hydrogen) atoms. The quantitative estimate of drug-likeness (QED) is 0.506. The van der Waals surface area contributed by atoms with Gasteiger partial charge in [0.15, 0.2) is 0 Å². The molecule has 3 aromatic rings. The zero-order chi connectivity index (χ0) is 24.9. The van der Waals surface area contributed by atoms with E-state index in [0.717, 1.165) is 41.0 Å². The monoisotopic (exact) mass is 480 g/mol. The molecule has 0 spiro atoms. The second-order valence-electron chi connectivity index (χ2n) is 10.6. The number of nitrogens with zero attached hydrogens (tertiary/aromatic N) is 2. The number of fused-ring (bicyclic) bond motifs is 1. The Balaban J connectivity index is 1.37. The number of nitrogens with one attached hydrogen (secondary N) is 2. The predicted octanol–water partition coefficient (Wildman–Crippen LogP) is 5.67. The highest BCUT2D eigenvalue weighted by molar-refractivity contribution is 5.92. The number of aryl methyl sites for hydroxylation is 2. The van der Waals surface area contributed by atoms with E-state index in [4.69, 9.17) is 0 Å². The van der Waals surface area contributed by atoms with Gasteiger partial charge in [0.1, 0.15) is 0 Å². The van der Waals surface area contributed by atoms with Gasteiger partial charge in [-0.2, -0.15) is 0 Å². The molecule has 0 saturated carbocycles. The van der Waals surface area contributed by atoms with E-state index >= 15 is 0 Å². The molecule has 0 bridgehead atoms. The molecule has 5 nitrogen and oxygen atoms in total. The lowest BCUT2D eigenvalue weighted by Gasteiger charge is -2.33. The highest BCUT2D eigenvalue weighted by atomic mass is 19.3. The Morgan fingerprint density at radius 3 is 2.40 bits per heavy atom. The van der Waals surface area contributed by atoms with Gasteiger partial charge in [-0.05, 0) is 73.9 Å². The number of carbonyl (C=O) groups is 1. The molecule has 0 aliphatic carbocycles. The van der Waals surface area contributed by atoms with Gasteiger partial charge >= 0.3 is 0 Å². The van der Waals surface area contributed by atoms with E-state index < -0.39 is 24.9 Å². The Morgan fingerprint density at radius 2 is 1.80 bits per heavy atom. The summed E-state index contributed by atoms with van der Waals surface area (Å²) in [5.74, 6) is -2.27. The van der Waals surface area contributed by atoms with Crippen molar-refractivity contribution < 1.29 is 13.6 Å². The summed E-state index contributed by atoms with van der Waals surface area (Å²) in [5.41, 5.74) is 8.05. The maximum Gasteiger partial charge on any atom is 0.262 e. The van der Waals surface area contributed by atoms with Crippen LogP contribution in [0, 0.1) is 13.8 Å². The van der Waals surface area contributed by atoms with Gasteiger partial charge in [-0.1, -0.05) is 19.9 Å². The topological polar surface area (TPSA) is 61.0 Å². The third kappa shape index (κ3) is 4.70. The van der Waals surface area contributed by atoms with Gasteiger partial charge in [-0.3, -0.25) is 15.1 Å². The molecular weight excluding hydrogens is 446 g/mol. The third-order valence-corrected chi connectivity index (χ3v) is 7.50. The van der Waals surface area contributed by atoms with Crippen molar-refractivity contribution in [2.45, 2.75) is 70.8 Å². The number of likely N-dealkylation sites (tertiary alicyclic amines) is 1. The highest BCUT2D eigenvalue weighted by Crippen LogP contribution is 2.39. The molecule has 2 N–H and O–H groups in total. The Labute approximate surface area is 205 Å². The number of halogens is 2. The van der Waals surface area contributed by atoms with Crippen LogP contribution in [-0.4, -0.2) is 52.4 Å². The molecule has 2 aromatic heterocycles. The van der Waals surface area contributed by atoms with Gasteiger partial charge in [-0.25, -0.2) is 8.78 Å². The number of pyridine rings is 1. The van der Waals surface area contributed by atoms with Crippen LogP contribution in [0.2, 0.25) is 0 Å². The van der Waals surface area contributed by atoms with Crippen molar-refractivity contribution >= 4 is 16.8 Å². The van der Waals surface area contributed by atoms with Crippen molar-refractivity contribution in [1.29, 1.82) is 0 Å². The minimum absolute atomic E-state index is 0.184. The van der Waals surface area contributed by atoms with E-state index in [2.05, 4.69) is 59.5 Å². The van der Waals surface area contributed by atoms with Crippen LogP contribution in [0.1, 0.15) is 67.5 Å². The fourth-order valence-corrected chi connectivity index (χ4v) is 5.83. The van der Waals surface area contributed by atoms with Gasteiger partial charge in [0, 0.05) is 47.4 Å². The Bertz CT molecular complexity index is 1240. The standard InChI is InChI=1S/C28H34F2N4O/c1-16(2)25-22-13-20(5-6-23(22)33-26(25)21-11-17(3)32-18(4)12-21)19-7-9-34(10-8-19)27(35)24-14-28(29,30)15-31-24/h5-6,11-13,16,19,24,31,33H,7-10,14-15H2,1-4H3. The number of hydrogen-bond acceptors (Lipinski definition) is 3. The van der Waals surface area contributed by atoms with E-state index in [1.165, 1.54) is 16.5 Å². The summed E-state index contributed by atoms with van der Waals surface area (Å²) in [5, 5.41) is 3.94. The van der Waals surface area contributed by atoms with Crippen molar-refractivity contribution in [3.63, 3.8) is 0 Å². The molecule has 5 rings (SSSR count). The minimum Gasteiger partial charge on any atom is -0.354 e. The number of aromatic amines is 1. The third-order valence-electron chi connectivity index (χ3n) is 7.50. The summed E-state index contributed by atoms with van der Waals surface area (Å²) in [6.07, 6.45) is 1.29. The number of aromatic nitrogens is 2. The maximum atomic E-state index is 13.5. The average molecular weight is 481 g/mol. The first-order chi connectivity index (χ1) is 16.6. The normalized spacial score (nSPS) is 20.8. The maximum absolute atomic E-state index is 13.5. The van der Waals surface area contributed by atoms with Crippen LogP contribution in [0.3, 0.4) is 0 Å². The number of hydrogen-bond donors (Lipinski definition) is 2. The number of alkyl halides is 2. The SMILES string of the molecule is Cc1cc(-c2[nH]c3ccc(C4CCN(C(=O)C5CC(F)(F)CN5)CC4)cc3c2C(C)C)cc(C)n1. The largest absolute Gasteiger partial charge is 0.354 e. The van der Waals surface area contributed by atoms with E-state index in [9.17, 15) is 13.6 Å². The van der Waals surface area contributed by atoms with Crippen molar-refractivity contribution in [3.05, 3.63) is 52.8 Å². The Hall–Kier alpha value is -2.80. The van der Waals surface area contributed by atoms with Crippen LogP contribution in [0.15, 0.2) is 30.3 Å². The number of carbonyl (C=O) groups excluding carboxylic acids is 1. The number of rotatable bonds is 4. The summed E-state index contributed by atoms with van der Waals surface area (Å²) in [6, 6.07) is 10.2. The molecule has 1 aromatic carbocycles. The molecule has 1 unspecified atom stereocenters. The van der Waals surface area contributed by atoms with Gasteiger partial charge in [0.2, 0.25) is 5.91 Å². The van der Waals surface area contributed by atoms with Crippen molar-refractivity contribution in [3.8, 4) is 11.3 Å². The Kier molecular flexibility index (Phi) is 6.16. The van der Waals surface area contributed by atoms with Gasteiger partial charge in [0.05, 0.1) is 18.3 Å². The van der Waals surface area contributed by atoms with Gasteiger partial charge in [-0.15, -0.1) is 0 Å². The van der Waals surface area contributed by atoms with E-state index in [-0.39, 0.29) is 5.91 Å². The zero-order valence-corrected chi connectivity index (χ0v) is 20.9. The lowest BCUT2D eigenvalue weighted by molar-refractivity contribution is -0.134. The molecule has 2 aliphatic rings. The lowest BCUT2D eigenvalue weighted by atomic mass is 9.87. The Morgan fingerprint density at radius 1 is 1.11 bits per heavy atom. The molecule has 1 atom stereocenters. The van der Waals surface area contributed by atoms with Gasteiger partial charge < -0.3 is 9.88 Å². The summed E-state index contributed by atoms with van der Waals surface area (Å²) in [7, 11) is 0. The molecule has 2 saturated heterocycles. The molecule has 2 aliphatic heterocycles. The second-order valence-corrected chi connectivity index (χ2v) is 10.6. The summed E-state index contributed by atoms with van der Waals surface area (Å²) < 4.78 is 27.1. The molecule has 7 heteroatoms. The number of H-pyrrole nitrogens is 1. The zero-order valence-electron chi connectivity index (χ0n) is 20.9. The van der Waals surface area contributed by atoms with Crippen molar-refractivity contribution in [1.82, 2.24) is 20.2 Å². The van der Waals surface area contributed by atoms with E-state index in [1.54, 1.807) is 4.90 Å².